The molecule has 4 N–H and O–H groups in total. The predicted molar refractivity (Wildman–Crippen MR) is 95.5 cm³/mol. The van der Waals surface area contributed by atoms with Gasteiger partial charge in [-0.05, 0) is 23.1 Å². The van der Waals surface area contributed by atoms with Crippen LogP contribution in [0.15, 0.2) is 30.5 Å². The van der Waals surface area contributed by atoms with Crippen LogP contribution in [0.2, 0.25) is 0 Å². The van der Waals surface area contributed by atoms with Crippen molar-refractivity contribution >= 4 is 17.6 Å². The Labute approximate surface area is 153 Å². The van der Waals surface area contributed by atoms with Gasteiger partial charge >= 0.3 is 5.82 Å². The maximum Gasteiger partial charge on any atom is 0.389 e. The molecule has 0 amide bonds. The van der Waals surface area contributed by atoms with Gasteiger partial charge in [0.05, 0.1) is 36.7 Å². The molecule has 0 radical (unpaired) electrons. The molecule has 11 heteroatoms. The first-order valence-electron chi connectivity index (χ1n) is 7.61. The lowest BCUT2D eigenvalue weighted by molar-refractivity contribution is -0.389. The number of anilines is 2. The molecule has 3 rings (SSSR count). The van der Waals surface area contributed by atoms with Crippen molar-refractivity contribution in [2.45, 2.75) is 6.54 Å². The van der Waals surface area contributed by atoms with Crippen LogP contribution in [0.25, 0.3) is 11.3 Å². The number of nitriles is 1. The Morgan fingerprint density at radius 3 is 2.74 bits per heavy atom. The number of nitrogens with zero attached hydrogens (tertiary/aromatic N) is 6. The summed E-state index contributed by atoms with van der Waals surface area (Å²) in [6, 6.07) is 8.40. The number of methoxy groups -OCH3 is 1. The molecule has 1 aromatic carbocycles. The Bertz CT molecular complexity index is 1070. The van der Waals surface area contributed by atoms with Gasteiger partial charge in [-0.1, -0.05) is 0 Å². The fourth-order valence-electron chi connectivity index (χ4n) is 2.58. The van der Waals surface area contributed by atoms with Gasteiger partial charge < -0.3 is 26.3 Å². The molecule has 2 aromatic heterocycles. The first kappa shape index (κ1) is 17.6. The predicted octanol–water partition coefficient (Wildman–Crippen LogP) is 1.34. The maximum absolute atomic E-state index is 10.8. The lowest BCUT2D eigenvalue weighted by atomic mass is 10.0. The number of rotatable bonds is 5. The van der Waals surface area contributed by atoms with E-state index in [-0.39, 0.29) is 35.4 Å². The third-order valence-corrected chi connectivity index (χ3v) is 3.77. The van der Waals surface area contributed by atoms with Gasteiger partial charge in [0.1, 0.15) is 23.2 Å². The first-order chi connectivity index (χ1) is 12.9. The minimum Gasteiger partial charge on any atom is -0.496 e. The van der Waals surface area contributed by atoms with E-state index in [1.165, 1.54) is 24.1 Å². The van der Waals surface area contributed by atoms with Gasteiger partial charge in [0.15, 0.2) is 0 Å². The molecular formula is C16H14N8O3. The molecule has 11 nitrogen and oxygen atoms in total. The lowest BCUT2D eigenvalue weighted by Crippen LogP contribution is -2.06. The number of hydrogen-bond donors (Lipinski definition) is 2. The molecule has 0 aliphatic heterocycles. The summed E-state index contributed by atoms with van der Waals surface area (Å²) in [4.78, 5) is 18.1. The summed E-state index contributed by atoms with van der Waals surface area (Å²) >= 11 is 0. The molecule has 0 bridgehead atoms. The van der Waals surface area contributed by atoms with Crippen molar-refractivity contribution in [1.82, 2.24) is 19.7 Å². The number of aromatic nitrogens is 4. The highest BCUT2D eigenvalue weighted by atomic mass is 16.6. The molecule has 2 heterocycles. The van der Waals surface area contributed by atoms with E-state index < -0.39 is 4.92 Å². The van der Waals surface area contributed by atoms with Crippen LogP contribution in [0, 0.1) is 21.4 Å². The van der Waals surface area contributed by atoms with E-state index in [0.717, 1.165) is 0 Å². The summed E-state index contributed by atoms with van der Waals surface area (Å²) in [5.74, 6) is 0.222. The zero-order valence-electron chi connectivity index (χ0n) is 14.2. The van der Waals surface area contributed by atoms with Crippen molar-refractivity contribution in [2.75, 3.05) is 18.6 Å². The molecule has 0 spiro atoms. The summed E-state index contributed by atoms with van der Waals surface area (Å²) in [5.41, 5.74) is 13.1. The van der Waals surface area contributed by atoms with Crippen LogP contribution in [0.4, 0.5) is 17.6 Å². The van der Waals surface area contributed by atoms with Crippen LogP contribution >= 0.6 is 0 Å². The van der Waals surface area contributed by atoms with E-state index in [0.29, 0.717) is 16.9 Å². The number of nitrogens with two attached hydrogens (primary N) is 2. The van der Waals surface area contributed by atoms with E-state index >= 15 is 0 Å². The van der Waals surface area contributed by atoms with E-state index in [2.05, 4.69) is 15.1 Å². The smallest absolute Gasteiger partial charge is 0.389 e. The Balaban J connectivity index is 2.06. The second-order valence-electron chi connectivity index (χ2n) is 5.46. The summed E-state index contributed by atoms with van der Waals surface area (Å²) < 4.78 is 6.75. The SMILES string of the molecule is COc1ccc(-c2nc(N)nc(N)c2C#N)cc1Cn1ccc([N+](=O)[O-])n1. The molecule has 3 aromatic rings. The third kappa shape index (κ3) is 3.45. The van der Waals surface area contributed by atoms with Crippen LogP contribution in [-0.4, -0.2) is 31.8 Å². The van der Waals surface area contributed by atoms with E-state index in [9.17, 15) is 15.4 Å². The van der Waals surface area contributed by atoms with Gasteiger partial charge in [-0.3, -0.25) is 0 Å². The monoisotopic (exact) mass is 366 g/mol. The van der Waals surface area contributed by atoms with Crippen LogP contribution in [0.5, 0.6) is 5.75 Å². The van der Waals surface area contributed by atoms with Crippen molar-refractivity contribution in [1.29, 1.82) is 5.26 Å². The van der Waals surface area contributed by atoms with Gasteiger partial charge in [-0.25, -0.2) is 4.98 Å². The molecule has 0 saturated carbocycles. The summed E-state index contributed by atoms with van der Waals surface area (Å²) in [6.45, 7) is 0.211. The Morgan fingerprint density at radius 2 is 2.11 bits per heavy atom. The van der Waals surface area contributed by atoms with Gasteiger partial charge in [0, 0.05) is 11.1 Å². The van der Waals surface area contributed by atoms with Crippen molar-refractivity contribution < 1.29 is 9.66 Å². The van der Waals surface area contributed by atoms with Crippen molar-refractivity contribution in [3.8, 4) is 23.1 Å². The number of nitro groups is 1. The highest BCUT2D eigenvalue weighted by Crippen LogP contribution is 2.30. The van der Waals surface area contributed by atoms with Crippen LogP contribution in [0.1, 0.15) is 11.1 Å². The fraction of sp³-hybridized carbons (Fsp3) is 0.125. The largest absolute Gasteiger partial charge is 0.496 e. The summed E-state index contributed by atoms with van der Waals surface area (Å²) in [6.07, 6.45) is 1.49. The second kappa shape index (κ2) is 6.96. The average Bonchev–Trinajstić information content (AvgIpc) is 3.10. The van der Waals surface area contributed by atoms with Crippen molar-refractivity contribution in [3.05, 3.63) is 51.7 Å². The molecule has 0 unspecified atom stereocenters. The zero-order chi connectivity index (χ0) is 19.6. The van der Waals surface area contributed by atoms with Gasteiger partial charge in [0.25, 0.3) is 0 Å². The van der Waals surface area contributed by atoms with Crippen molar-refractivity contribution in [3.63, 3.8) is 0 Å². The molecule has 136 valence electrons. The number of ether oxygens (including phenoxy) is 1. The molecule has 0 atom stereocenters. The van der Waals surface area contributed by atoms with E-state index in [4.69, 9.17) is 16.2 Å². The molecule has 0 aliphatic carbocycles. The lowest BCUT2D eigenvalue weighted by Gasteiger charge is -2.11. The minimum atomic E-state index is -0.574. The number of benzene rings is 1. The highest BCUT2D eigenvalue weighted by molar-refractivity contribution is 5.74. The topological polar surface area (TPSA) is 172 Å². The van der Waals surface area contributed by atoms with E-state index in [1.54, 1.807) is 18.2 Å². The minimum absolute atomic E-state index is 0.0138. The zero-order valence-corrected chi connectivity index (χ0v) is 14.2. The molecule has 0 aliphatic rings. The van der Waals surface area contributed by atoms with Crippen LogP contribution in [0.3, 0.4) is 0 Å². The second-order valence-corrected chi connectivity index (χ2v) is 5.46. The normalized spacial score (nSPS) is 10.4. The third-order valence-electron chi connectivity index (χ3n) is 3.77. The average molecular weight is 366 g/mol. The quantitative estimate of drug-likeness (QED) is 0.499. The van der Waals surface area contributed by atoms with Gasteiger partial charge in [-0.15, -0.1) is 0 Å². The van der Waals surface area contributed by atoms with Crippen LogP contribution in [-0.2, 0) is 6.54 Å². The fourth-order valence-corrected chi connectivity index (χ4v) is 2.58. The van der Waals surface area contributed by atoms with Gasteiger partial charge in [-0.2, -0.15) is 14.9 Å². The standard InChI is InChI=1S/C16H14N8O3/c1-27-12-3-2-9(14-11(7-17)15(18)21-16(19)20-14)6-10(12)8-23-5-4-13(22-23)24(25)26/h2-6H,8H2,1H3,(H4,18,19,20,21). The Morgan fingerprint density at radius 1 is 1.33 bits per heavy atom. The molecule has 0 saturated heterocycles. The van der Waals surface area contributed by atoms with Crippen molar-refractivity contribution in [2.24, 2.45) is 0 Å². The van der Waals surface area contributed by atoms with Gasteiger partial charge in [0.2, 0.25) is 5.95 Å². The molecule has 27 heavy (non-hydrogen) atoms. The maximum atomic E-state index is 10.8. The number of nitrogen functional groups attached to an aromatic ring is 2. The van der Waals surface area contributed by atoms with Crippen LogP contribution < -0.4 is 16.2 Å². The Hall–Kier alpha value is -4.20. The van der Waals surface area contributed by atoms with E-state index in [1.807, 2.05) is 6.07 Å². The molecule has 0 fully saturated rings. The number of hydrogen-bond acceptors (Lipinski definition) is 9. The first-order valence-corrected chi connectivity index (χ1v) is 7.61. The Kier molecular flexibility index (Phi) is 4.54. The molecular weight excluding hydrogens is 352 g/mol. The summed E-state index contributed by atoms with van der Waals surface area (Å²) in [5, 5.41) is 24.0. The summed E-state index contributed by atoms with van der Waals surface area (Å²) in [7, 11) is 1.51. The highest BCUT2D eigenvalue weighted by Gasteiger charge is 2.17.